The van der Waals surface area contributed by atoms with E-state index in [0.29, 0.717) is 25.5 Å². The van der Waals surface area contributed by atoms with Crippen molar-refractivity contribution < 1.29 is 14.3 Å². The quantitative estimate of drug-likeness (QED) is 0.733. The first kappa shape index (κ1) is 22.6. The summed E-state index contributed by atoms with van der Waals surface area (Å²) in [6.45, 7) is 17.4. The lowest BCUT2D eigenvalue weighted by Crippen LogP contribution is -2.42. The monoisotopic (exact) mass is 414 g/mol. The number of hydrogen-bond donors (Lipinski definition) is 1. The third-order valence-electron chi connectivity index (χ3n) is 7.54. The van der Waals surface area contributed by atoms with Crippen LogP contribution in [0.15, 0.2) is 24.3 Å². The van der Waals surface area contributed by atoms with Gasteiger partial charge in [0.1, 0.15) is 0 Å². The van der Waals surface area contributed by atoms with E-state index in [4.69, 9.17) is 4.74 Å². The van der Waals surface area contributed by atoms with Crippen molar-refractivity contribution in [3.05, 3.63) is 35.4 Å². The summed E-state index contributed by atoms with van der Waals surface area (Å²) in [6.07, 6.45) is 0.248. The minimum absolute atomic E-state index is 0.103. The van der Waals surface area contributed by atoms with Gasteiger partial charge in [-0.25, -0.2) is 4.79 Å². The largest absolute Gasteiger partial charge is 0.450 e. The number of piperidine rings is 1. The molecule has 1 N–H and O–H groups in total. The van der Waals surface area contributed by atoms with Gasteiger partial charge in [-0.2, -0.15) is 0 Å². The van der Waals surface area contributed by atoms with Crippen LogP contribution in [0.3, 0.4) is 0 Å². The Kier molecular flexibility index (Phi) is 5.96. The van der Waals surface area contributed by atoms with Gasteiger partial charge in [-0.1, -0.05) is 65.8 Å². The second-order valence-electron chi connectivity index (χ2n) is 10.5. The van der Waals surface area contributed by atoms with Crippen molar-refractivity contribution in [2.45, 2.75) is 66.2 Å². The molecule has 2 fully saturated rings. The first-order valence-corrected chi connectivity index (χ1v) is 11.3. The predicted octanol–water partition coefficient (Wildman–Crippen LogP) is 4.71. The molecule has 1 saturated carbocycles. The Balaban J connectivity index is 1.68. The van der Waals surface area contributed by atoms with E-state index in [0.717, 1.165) is 13.1 Å². The van der Waals surface area contributed by atoms with Crippen LogP contribution in [-0.4, -0.2) is 43.1 Å². The number of rotatable bonds is 6. The van der Waals surface area contributed by atoms with Gasteiger partial charge in [-0.15, -0.1) is 0 Å². The molecular formula is C25H38N2O3. The van der Waals surface area contributed by atoms with Crippen LogP contribution in [0.5, 0.6) is 0 Å². The summed E-state index contributed by atoms with van der Waals surface area (Å²) in [5.41, 5.74) is 3.10. The molecule has 1 aromatic rings. The number of carbonyl (C=O) groups is 2. The molecule has 30 heavy (non-hydrogen) atoms. The zero-order valence-electron chi connectivity index (χ0n) is 19.7. The first-order valence-electron chi connectivity index (χ1n) is 11.3. The predicted molar refractivity (Wildman–Crippen MR) is 119 cm³/mol. The Morgan fingerprint density at radius 2 is 1.83 bits per heavy atom. The number of nitrogens with one attached hydrogen (secondary N) is 1. The topological polar surface area (TPSA) is 58.6 Å². The average molecular weight is 415 g/mol. The summed E-state index contributed by atoms with van der Waals surface area (Å²) >= 11 is 0. The minimum Gasteiger partial charge on any atom is -0.450 e. The number of nitrogens with zero attached hydrogens (tertiary/aromatic N) is 1. The average Bonchev–Trinajstić information content (AvgIpc) is 2.99. The number of fused-ring (bicyclic) bond motifs is 1. The Hall–Kier alpha value is -2.04. The molecule has 166 valence electrons. The van der Waals surface area contributed by atoms with Gasteiger partial charge in [0.05, 0.1) is 12.5 Å². The highest BCUT2D eigenvalue weighted by Crippen LogP contribution is 2.77. The Bertz CT molecular complexity index is 797. The van der Waals surface area contributed by atoms with E-state index < -0.39 is 6.09 Å². The number of alkyl carbamates (subject to hydrolysis) is 1. The van der Waals surface area contributed by atoms with Gasteiger partial charge in [-0.3, -0.25) is 4.79 Å². The van der Waals surface area contributed by atoms with E-state index in [-0.39, 0.29) is 28.1 Å². The molecule has 1 unspecified atom stereocenters. The van der Waals surface area contributed by atoms with Crippen LogP contribution < -0.4 is 5.32 Å². The number of benzene rings is 1. The molecule has 0 radical (unpaired) electrons. The van der Waals surface area contributed by atoms with Gasteiger partial charge >= 0.3 is 6.09 Å². The number of ether oxygens (including phenoxy) is 1. The highest BCUT2D eigenvalue weighted by molar-refractivity contribution is 5.81. The third-order valence-corrected chi connectivity index (χ3v) is 7.54. The van der Waals surface area contributed by atoms with E-state index in [1.807, 2.05) is 11.8 Å². The van der Waals surface area contributed by atoms with Crippen LogP contribution in [0.25, 0.3) is 0 Å². The van der Waals surface area contributed by atoms with Crippen LogP contribution in [0.2, 0.25) is 0 Å². The lowest BCUT2D eigenvalue weighted by molar-refractivity contribution is -0.135. The van der Waals surface area contributed by atoms with Crippen molar-refractivity contribution in [2.75, 3.05) is 26.2 Å². The Labute approximate surface area is 181 Å². The lowest BCUT2D eigenvalue weighted by atomic mass is 9.85. The van der Waals surface area contributed by atoms with Crippen molar-refractivity contribution in [1.82, 2.24) is 10.2 Å². The van der Waals surface area contributed by atoms with Crippen molar-refractivity contribution in [2.24, 2.45) is 16.7 Å². The Morgan fingerprint density at radius 3 is 2.37 bits per heavy atom. The van der Waals surface area contributed by atoms with E-state index >= 15 is 0 Å². The fraction of sp³-hybridized carbons (Fsp3) is 0.680. The fourth-order valence-corrected chi connectivity index (χ4v) is 5.48. The van der Waals surface area contributed by atoms with Crippen LogP contribution >= 0.6 is 0 Å². The molecule has 5 nitrogen and oxygen atoms in total. The van der Waals surface area contributed by atoms with Crippen molar-refractivity contribution in [3.8, 4) is 0 Å². The zero-order chi connectivity index (χ0) is 22.3. The molecule has 1 heterocycles. The summed E-state index contributed by atoms with van der Waals surface area (Å²) in [5, 5.41) is 2.73. The number of hydrogen-bond acceptors (Lipinski definition) is 3. The standard InChI is InChI=1S/C25H38N2O3/c1-8-17(14-26-22(29)30-9-2)21(28)27-15-24(6)20(25(24,7)16-27)18-11-10-12-19(13-18)23(3,4)5/h10-13,17,20H,8-9,14-16H2,1-7H3,(H,26,29)/t17-,20?,24-,25+/m1/s1. The van der Waals surface area contributed by atoms with Crippen LogP contribution in [0.4, 0.5) is 4.79 Å². The van der Waals surface area contributed by atoms with Gasteiger partial charge < -0.3 is 15.0 Å². The van der Waals surface area contributed by atoms with E-state index in [1.54, 1.807) is 6.92 Å². The Morgan fingerprint density at radius 1 is 1.20 bits per heavy atom. The van der Waals surface area contributed by atoms with E-state index in [1.165, 1.54) is 11.1 Å². The van der Waals surface area contributed by atoms with Crippen molar-refractivity contribution >= 4 is 12.0 Å². The molecule has 0 spiro atoms. The summed E-state index contributed by atoms with van der Waals surface area (Å²) in [4.78, 5) is 26.8. The molecule has 1 aromatic carbocycles. The second-order valence-corrected chi connectivity index (χ2v) is 10.5. The van der Waals surface area contributed by atoms with Gasteiger partial charge in [0, 0.05) is 30.5 Å². The smallest absolute Gasteiger partial charge is 0.407 e. The van der Waals surface area contributed by atoms with Gasteiger partial charge in [-0.05, 0) is 35.8 Å². The molecule has 5 heteroatoms. The summed E-state index contributed by atoms with van der Waals surface area (Å²) in [7, 11) is 0. The number of likely N-dealkylation sites (tertiary alicyclic amines) is 1. The molecular weight excluding hydrogens is 376 g/mol. The highest BCUT2D eigenvalue weighted by Gasteiger charge is 2.75. The molecule has 0 aromatic heterocycles. The summed E-state index contributed by atoms with van der Waals surface area (Å²) < 4.78 is 4.92. The maximum atomic E-state index is 13.2. The molecule has 3 rings (SSSR count). The molecule has 0 bridgehead atoms. The molecule has 2 aliphatic rings. The van der Waals surface area contributed by atoms with Crippen LogP contribution in [0, 0.1) is 16.7 Å². The van der Waals surface area contributed by atoms with Gasteiger partial charge in [0.15, 0.2) is 0 Å². The highest BCUT2D eigenvalue weighted by atomic mass is 16.5. The first-order chi connectivity index (χ1) is 14.0. The normalized spacial score (nSPS) is 28.6. The van der Waals surface area contributed by atoms with Crippen molar-refractivity contribution in [3.63, 3.8) is 0 Å². The van der Waals surface area contributed by atoms with E-state index in [2.05, 4.69) is 64.2 Å². The van der Waals surface area contributed by atoms with Gasteiger partial charge in [0.25, 0.3) is 0 Å². The maximum Gasteiger partial charge on any atom is 0.407 e. The number of carbonyl (C=O) groups excluding carboxylic acids is 2. The van der Waals surface area contributed by atoms with Crippen LogP contribution in [0.1, 0.15) is 71.9 Å². The molecule has 2 amide bonds. The van der Waals surface area contributed by atoms with Gasteiger partial charge in [0.2, 0.25) is 5.91 Å². The van der Waals surface area contributed by atoms with Crippen LogP contribution in [-0.2, 0) is 14.9 Å². The van der Waals surface area contributed by atoms with E-state index in [9.17, 15) is 9.59 Å². The maximum absolute atomic E-state index is 13.2. The van der Waals surface area contributed by atoms with Crippen molar-refractivity contribution in [1.29, 1.82) is 0 Å². The minimum atomic E-state index is -0.453. The second kappa shape index (κ2) is 7.90. The molecule has 1 saturated heterocycles. The SMILES string of the molecule is CCOC(=O)NC[C@@H](CC)C(=O)N1C[C@@]2(C)C(c3cccc(C(C)(C)C)c3)[C@@]2(C)C1. The molecule has 1 aliphatic heterocycles. The fourth-order valence-electron chi connectivity index (χ4n) is 5.48. The molecule has 1 aliphatic carbocycles. The number of amides is 2. The lowest BCUT2D eigenvalue weighted by Gasteiger charge is -2.28. The zero-order valence-corrected chi connectivity index (χ0v) is 19.7. The third kappa shape index (κ3) is 3.83. The molecule has 4 atom stereocenters. The summed E-state index contributed by atoms with van der Waals surface area (Å²) in [5.74, 6) is 0.419. The summed E-state index contributed by atoms with van der Waals surface area (Å²) in [6, 6.07) is 9.00.